The second-order valence-corrected chi connectivity index (χ2v) is 10.8. The SMILES string of the molecule is CC(C)(C)NC(=O)C(Cc1ccccc1)N(Cc1cccc(Br)c1)C(=O)Cc1c(F)cccc1Cl. The Bertz CT molecular complexity index is 1160. The molecule has 1 N–H and O–H groups in total. The Morgan fingerprint density at radius 2 is 1.66 bits per heavy atom. The highest BCUT2D eigenvalue weighted by atomic mass is 79.9. The lowest BCUT2D eigenvalue weighted by atomic mass is 9.99. The van der Waals surface area contributed by atoms with Gasteiger partial charge >= 0.3 is 0 Å². The molecule has 3 rings (SSSR count). The minimum Gasteiger partial charge on any atom is -0.350 e. The summed E-state index contributed by atoms with van der Waals surface area (Å²) in [5.41, 5.74) is 1.38. The zero-order valence-electron chi connectivity index (χ0n) is 20.0. The first-order valence-corrected chi connectivity index (χ1v) is 12.5. The van der Waals surface area contributed by atoms with Gasteiger partial charge in [0, 0.05) is 33.6 Å². The van der Waals surface area contributed by atoms with Crippen molar-refractivity contribution < 1.29 is 14.0 Å². The molecule has 0 bridgehead atoms. The van der Waals surface area contributed by atoms with Crippen molar-refractivity contribution in [2.24, 2.45) is 0 Å². The highest BCUT2D eigenvalue weighted by Crippen LogP contribution is 2.23. The Morgan fingerprint density at radius 1 is 1.00 bits per heavy atom. The molecule has 0 aliphatic heterocycles. The van der Waals surface area contributed by atoms with Gasteiger partial charge in [0.25, 0.3) is 0 Å². The summed E-state index contributed by atoms with van der Waals surface area (Å²) in [5.74, 6) is -1.21. The Hall–Kier alpha value is -2.70. The van der Waals surface area contributed by atoms with E-state index in [0.29, 0.717) is 6.42 Å². The summed E-state index contributed by atoms with van der Waals surface area (Å²) < 4.78 is 15.4. The number of rotatable bonds is 8. The molecule has 4 nitrogen and oxygen atoms in total. The predicted molar refractivity (Wildman–Crippen MR) is 142 cm³/mol. The van der Waals surface area contributed by atoms with Gasteiger partial charge in [0.1, 0.15) is 11.9 Å². The monoisotopic (exact) mass is 558 g/mol. The third-order valence-corrected chi connectivity index (χ3v) is 6.25. The first kappa shape index (κ1) is 26.9. The van der Waals surface area contributed by atoms with E-state index in [9.17, 15) is 14.0 Å². The van der Waals surface area contributed by atoms with Crippen molar-refractivity contribution in [1.29, 1.82) is 0 Å². The number of carbonyl (C=O) groups excluding carboxylic acids is 2. The van der Waals surface area contributed by atoms with Gasteiger partial charge in [-0.3, -0.25) is 9.59 Å². The third kappa shape index (κ3) is 7.91. The molecule has 2 amide bonds. The molecule has 0 fully saturated rings. The van der Waals surface area contributed by atoms with Crippen LogP contribution in [0.3, 0.4) is 0 Å². The maximum atomic E-state index is 14.5. The van der Waals surface area contributed by atoms with E-state index in [4.69, 9.17) is 11.6 Å². The van der Waals surface area contributed by atoms with Gasteiger partial charge in [0.2, 0.25) is 11.8 Å². The second kappa shape index (κ2) is 11.8. The van der Waals surface area contributed by atoms with Crippen LogP contribution >= 0.6 is 27.5 Å². The zero-order chi connectivity index (χ0) is 25.6. The van der Waals surface area contributed by atoms with Crippen molar-refractivity contribution in [3.8, 4) is 0 Å². The predicted octanol–water partition coefficient (Wildman–Crippen LogP) is 6.34. The number of hydrogen-bond donors (Lipinski definition) is 1. The number of nitrogens with one attached hydrogen (secondary N) is 1. The van der Waals surface area contributed by atoms with Crippen LogP contribution in [0.2, 0.25) is 5.02 Å². The van der Waals surface area contributed by atoms with Crippen LogP contribution in [-0.2, 0) is 29.0 Å². The van der Waals surface area contributed by atoms with Gasteiger partial charge in [-0.25, -0.2) is 4.39 Å². The van der Waals surface area contributed by atoms with Crippen molar-refractivity contribution in [3.63, 3.8) is 0 Å². The summed E-state index contributed by atoms with van der Waals surface area (Å²) in [6.45, 7) is 5.86. The van der Waals surface area contributed by atoms with Crippen LogP contribution in [0.25, 0.3) is 0 Å². The molecule has 7 heteroatoms. The van der Waals surface area contributed by atoms with Gasteiger partial charge in [-0.15, -0.1) is 0 Å². The van der Waals surface area contributed by atoms with Crippen molar-refractivity contribution >= 4 is 39.3 Å². The second-order valence-electron chi connectivity index (χ2n) is 9.47. The quantitative estimate of drug-likeness (QED) is 0.350. The van der Waals surface area contributed by atoms with E-state index < -0.39 is 17.4 Å². The fourth-order valence-electron chi connectivity index (χ4n) is 3.79. The number of halogens is 3. The first-order chi connectivity index (χ1) is 16.5. The van der Waals surface area contributed by atoms with Gasteiger partial charge in [0.15, 0.2) is 0 Å². The van der Waals surface area contributed by atoms with E-state index in [1.807, 2.05) is 75.4 Å². The van der Waals surface area contributed by atoms with E-state index in [0.717, 1.165) is 15.6 Å². The lowest BCUT2D eigenvalue weighted by Crippen LogP contribution is -2.54. The van der Waals surface area contributed by atoms with Crippen molar-refractivity contribution in [3.05, 3.63) is 105 Å². The Morgan fingerprint density at radius 3 is 2.29 bits per heavy atom. The van der Waals surface area contributed by atoms with Crippen LogP contribution in [0.15, 0.2) is 77.3 Å². The van der Waals surface area contributed by atoms with E-state index in [2.05, 4.69) is 21.2 Å². The number of hydrogen-bond acceptors (Lipinski definition) is 2. The largest absolute Gasteiger partial charge is 0.350 e. The summed E-state index contributed by atoms with van der Waals surface area (Å²) in [5, 5.41) is 3.20. The number of benzene rings is 3. The Labute approximate surface area is 219 Å². The fourth-order valence-corrected chi connectivity index (χ4v) is 4.47. The summed E-state index contributed by atoms with van der Waals surface area (Å²) >= 11 is 9.69. The number of nitrogens with zero attached hydrogens (tertiary/aromatic N) is 1. The van der Waals surface area contributed by atoms with Crippen LogP contribution in [-0.4, -0.2) is 28.3 Å². The summed E-state index contributed by atoms with van der Waals surface area (Å²) in [4.78, 5) is 28.8. The van der Waals surface area contributed by atoms with Crippen LogP contribution in [0.1, 0.15) is 37.5 Å². The van der Waals surface area contributed by atoms with Crippen LogP contribution in [0.4, 0.5) is 4.39 Å². The molecule has 3 aromatic carbocycles. The molecule has 184 valence electrons. The van der Waals surface area contributed by atoms with Crippen LogP contribution in [0.5, 0.6) is 0 Å². The third-order valence-electron chi connectivity index (χ3n) is 5.40. The van der Waals surface area contributed by atoms with E-state index in [1.165, 1.54) is 17.0 Å². The van der Waals surface area contributed by atoms with Crippen molar-refractivity contribution in [2.45, 2.75) is 51.7 Å². The summed E-state index contributed by atoms with van der Waals surface area (Å²) in [7, 11) is 0. The summed E-state index contributed by atoms with van der Waals surface area (Å²) in [6.07, 6.45) is 0.0566. The zero-order valence-corrected chi connectivity index (χ0v) is 22.4. The van der Waals surface area contributed by atoms with Gasteiger partial charge in [-0.05, 0) is 56.2 Å². The minimum atomic E-state index is -0.811. The van der Waals surface area contributed by atoms with Crippen LogP contribution in [0, 0.1) is 5.82 Å². The van der Waals surface area contributed by atoms with E-state index in [-0.39, 0.29) is 35.4 Å². The average Bonchev–Trinajstić information content (AvgIpc) is 2.78. The molecule has 0 aromatic heterocycles. The van der Waals surface area contributed by atoms with E-state index in [1.54, 1.807) is 6.07 Å². The molecule has 35 heavy (non-hydrogen) atoms. The highest BCUT2D eigenvalue weighted by molar-refractivity contribution is 9.10. The molecule has 1 unspecified atom stereocenters. The molecule has 0 heterocycles. The van der Waals surface area contributed by atoms with Gasteiger partial charge in [0.05, 0.1) is 6.42 Å². The highest BCUT2D eigenvalue weighted by Gasteiger charge is 2.32. The molecular formula is C28H29BrClFN2O2. The number of carbonyl (C=O) groups is 2. The Kier molecular flexibility index (Phi) is 9.09. The topological polar surface area (TPSA) is 49.4 Å². The lowest BCUT2D eigenvalue weighted by Gasteiger charge is -2.34. The molecular weight excluding hydrogens is 531 g/mol. The van der Waals surface area contributed by atoms with Crippen molar-refractivity contribution in [1.82, 2.24) is 10.2 Å². The average molecular weight is 560 g/mol. The maximum absolute atomic E-state index is 14.5. The standard InChI is InChI=1S/C28H29BrClFN2O2/c1-28(2,3)32-27(35)25(16-19-9-5-4-6-10-19)33(18-20-11-7-12-21(29)15-20)26(34)17-22-23(30)13-8-14-24(22)31/h4-15,25H,16-18H2,1-3H3,(H,32,35). The maximum Gasteiger partial charge on any atom is 0.243 e. The van der Waals surface area contributed by atoms with Gasteiger partial charge < -0.3 is 10.2 Å². The molecule has 0 saturated heterocycles. The molecule has 0 saturated carbocycles. The number of amides is 2. The molecule has 3 aromatic rings. The molecule has 1 atom stereocenters. The van der Waals surface area contributed by atoms with Gasteiger partial charge in [-0.1, -0.05) is 76.1 Å². The molecule has 0 aliphatic carbocycles. The van der Waals surface area contributed by atoms with E-state index >= 15 is 0 Å². The Balaban J connectivity index is 2.03. The van der Waals surface area contributed by atoms with Gasteiger partial charge in [-0.2, -0.15) is 0 Å². The molecule has 0 radical (unpaired) electrons. The fraction of sp³-hybridized carbons (Fsp3) is 0.286. The first-order valence-electron chi connectivity index (χ1n) is 11.4. The minimum absolute atomic E-state index is 0.119. The summed E-state index contributed by atoms with van der Waals surface area (Å²) in [6, 6.07) is 20.6. The lowest BCUT2D eigenvalue weighted by molar-refractivity contribution is -0.141. The van der Waals surface area contributed by atoms with Crippen LogP contribution < -0.4 is 5.32 Å². The van der Waals surface area contributed by atoms with Crippen molar-refractivity contribution in [2.75, 3.05) is 0 Å². The normalized spacial score (nSPS) is 12.2. The smallest absolute Gasteiger partial charge is 0.243 e. The molecule has 0 spiro atoms. The molecule has 0 aliphatic rings.